The summed E-state index contributed by atoms with van der Waals surface area (Å²) in [5, 5.41) is 0.168. The third-order valence-corrected chi connectivity index (χ3v) is 5.21. The minimum absolute atomic E-state index is 0.136. The molecule has 2 atom stereocenters. The molecule has 2 fully saturated rings. The molecule has 1 aromatic rings. The van der Waals surface area contributed by atoms with Gasteiger partial charge in [0.25, 0.3) is 11.8 Å². The summed E-state index contributed by atoms with van der Waals surface area (Å²) in [5.74, 6) is -2.05. The van der Waals surface area contributed by atoms with Crippen molar-refractivity contribution in [3.8, 4) is 0 Å². The van der Waals surface area contributed by atoms with Crippen molar-refractivity contribution < 1.29 is 23.9 Å². The van der Waals surface area contributed by atoms with Crippen LogP contribution < -0.4 is 4.90 Å². The Kier molecular flexibility index (Phi) is 5.10. The average molecular weight is 394 g/mol. The lowest BCUT2D eigenvalue weighted by atomic mass is 9.89. The standard InChI is InChI=1S/C18H20ClN3O5/c1-20(2)15(23)10-6-7-12(19)13(9-10)22-16(24)14-11(17(25)27-3)5-4-8-21(14)18(22)26/h6-7,9,11,14H,4-5,8H2,1-3H3/t11-,14-/m1/s1. The molecule has 2 aliphatic rings. The number of esters is 1. The number of methoxy groups -OCH3 is 1. The van der Waals surface area contributed by atoms with Crippen LogP contribution in [0.2, 0.25) is 5.02 Å². The van der Waals surface area contributed by atoms with Crippen LogP contribution in [0.3, 0.4) is 0 Å². The lowest BCUT2D eigenvalue weighted by Gasteiger charge is -2.31. The summed E-state index contributed by atoms with van der Waals surface area (Å²) >= 11 is 6.23. The second-order valence-corrected chi connectivity index (χ2v) is 7.14. The molecular weight excluding hydrogens is 374 g/mol. The Balaban J connectivity index is 2.02. The Labute approximate surface area is 161 Å². The summed E-state index contributed by atoms with van der Waals surface area (Å²) in [6.07, 6.45) is 1.06. The number of anilines is 1. The van der Waals surface area contributed by atoms with Crippen LogP contribution in [0.15, 0.2) is 18.2 Å². The molecule has 4 amide bonds. The summed E-state index contributed by atoms with van der Waals surface area (Å²) in [7, 11) is 4.46. The van der Waals surface area contributed by atoms with Crippen molar-refractivity contribution in [1.82, 2.24) is 9.80 Å². The van der Waals surface area contributed by atoms with Gasteiger partial charge >= 0.3 is 12.0 Å². The largest absolute Gasteiger partial charge is 0.469 e. The molecule has 0 spiro atoms. The molecule has 8 nitrogen and oxygen atoms in total. The normalized spacial score (nSPS) is 21.9. The second-order valence-electron chi connectivity index (χ2n) is 6.73. The van der Waals surface area contributed by atoms with Crippen LogP contribution in [0.25, 0.3) is 0 Å². The molecule has 2 aliphatic heterocycles. The van der Waals surface area contributed by atoms with Crippen molar-refractivity contribution in [2.45, 2.75) is 18.9 Å². The zero-order valence-electron chi connectivity index (χ0n) is 15.3. The molecule has 27 heavy (non-hydrogen) atoms. The average Bonchev–Trinajstić information content (AvgIpc) is 2.91. The number of carbonyl (C=O) groups excluding carboxylic acids is 4. The van der Waals surface area contributed by atoms with Gasteiger partial charge in [0.15, 0.2) is 0 Å². The summed E-state index contributed by atoms with van der Waals surface area (Å²) in [6.45, 7) is 0.368. The van der Waals surface area contributed by atoms with Gasteiger partial charge in [-0.1, -0.05) is 11.6 Å². The van der Waals surface area contributed by atoms with E-state index in [1.165, 1.54) is 35.1 Å². The van der Waals surface area contributed by atoms with E-state index in [-0.39, 0.29) is 16.6 Å². The van der Waals surface area contributed by atoms with Gasteiger partial charge in [-0.3, -0.25) is 14.4 Å². The van der Waals surface area contributed by atoms with Gasteiger partial charge in [-0.05, 0) is 31.0 Å². The van der Waals surface area contributed by atoms with E-state index in [2.05, 4.69) is 0 Å². The highest BCUT2D eigenvalue weighted by Gasteiger charge is 2.53. The molecule has 0 unspecified atom stereocenters. The summed E-state index contributed by atoms with van der Waals surface area (Å²) in [6, 6.07) is 2.97. The topological polar surface area (TPSA) is 87.2 Å². The van der Waals surface area contributed by atoms with E-state index in [4.69, 9.17) is 16.3 Å². The third kappa shape index (κ3) is 3.14. The molecular formula is C18H20ClN3O5. The minimum atomic E-state index is -0.914. The zero-order valence-corrected chi connectivity index (χ0v) is 16.0. The van der Waals surface area contributed by atoms with Gasteiger partial charge in [0, 0.05) is 26.2 Å². The van der Waals surface area contributed by atoms with Crippen molar-refractivity contribution in [2.24, 2.45) is 5.92 Å². The lowest BCUT2D eigenvalue weighted by molar-refractivity contribution is -0.150. The van der Waals surface area contributed by atoms with Gasteiger partial charge in [-0.15, -0.1) is 0 Å². The van der Waals surface area contributed by atoms with Gasteiger partial charge in [0.1, 0.15) is 6.04 Å². The first-order chi connectivity index (χ1) is 12.8. The first-order valence-electron chi connectivity index (χ1n) is 8.51. The Hall–Kier alpha value is -2.61. The fourth-order valence-electron chi connectivity index (χ4n) is 3.57. The van der Waals surface area contributed by atoms with Gasteiger partial charge in [0.05, 0.1) is 23.7 Å². The smallest absolute Gasteiger partial charge is 0.332 e. The molecule has 0 bridgehead atoms. The fourth-order valence-corrected chi connectivity index (χ4v) is 3.77. The monoisotopic (exact) mass is 393 g/mol. The second kappa shape index (κ2) is 7.19. The number of fused-ring (bicyclic) bond motifs is 1. The maximum atomic E-state index is 13.1. The van der Waals surface area contributed by atoms with Crippen LogP contribution in [0.4, 0.5) is 10.5 Å². The van der Waals surface area contributed by atoms with Gasteiger partial charge in [0.2, 0.25) is 0 Å². The maximum absolute atomic E-state index is 13.1. The van der Waals surface area contributed by atoms with Crippen LogP contribution in [-0.2, 0) is 14.3 Å². The molecule has 3 rings (SSSR count). The highest BCUT2D eigenvalue weighted by atomic mass is 35.5. The minimum Gasteiger partial charge on any atom is -0.469 e. The molecule has 0 aliphatic carbocycles. The van der Waals surface area contributed by atoms with Crippen LogP contribution in [0.1, 0.15) is 23.2 Å². The third-order valence-electron chi connectivity index (χ3n) is 4.89. The number of halogens is 1. The number of amides is 4. The molecule has 1 aromatic carbocycles. The van der Waals surface area contributed by atoms with Gasteiger partial charge in [-0.2, -0.15) is 0 Å². The number of hydrogen-bond donors (Lipinski definition) is 0. The number of benzene rings is 1. The van der Waals surface area contributed by atoms with E-state index < -0.39 is 29.9 Å². The fraction of sp³-hybridized carbons (Fsp3) is 0.444. The Morgan fingerprint density at radius 2 is 1.96 bits per heavy atom. The van der Waals surface area contributed by atoms with Crippen molar-refractivity contribution in [3.63, 3.8) is 0 Å². The zero-order chi connectivity index (χ0) is 19.9. The number of ether oxygens (including phenoxy) is 1. The molecule has 9 heteroatoms. The number of hydrogen-bond acceptors (Lipinski definition) is 5. The number of piperidine rings is 1. The number of carbonyl (C=O) groups is 4. The van der Waals surface area contributed by atoms with E-state index in [1.54, 1.807) is 14.1 Å². The Morgan fingerprint density at radius 1 is 1.26 bits per heavy atom. The Morgan fingerprint density at radius 3 is 2.59 bits per heavy atom. The molecule has 0 N–H and O–H groups in total. The molecule has 0 saturated carbocycles. The number of imide groups is 1. The van der Waals surface area contributed by atoms with Crippen LogP contribution in [0, 0.1) is 5.92 Å². The predicted molar refractivity (Wildman–Crippen MR) is 97.6 cm³/mol. The molecule has 0 radical (unpaired) electrons. The van der Waals surface area contributed by atoms with Gasteiger partial charge in [-0.25, -0.2) is 9.69 Å². The summed E-state index contributed by atoms with van der Waals surface area (Å²) in [4.78, 5) is 54.0. The summed E-state index contributed by atoms with van der Waals surface area (Å²) < 4.78 is 4.80. The first kappa shape index (κ1) is 19.2. The van der Waals surface area contributed by atoms with E-state index in [9.17, 15) is 19.2 Å². The molecule has 0 aromatic heterocycles. The number of nitrogens with zero attached hydrogens (tertiary/aromatic N) is 3. The first-order valence-corrected chi connectivity index (χ1v) is 8.89. The number of rotatable bonds is 3. The number of urea groups is 1. The van der Waals surface area contributed by atoms with Crippen LogP contribution >= 0.6 is 11.6 Å². The quantitative estimate of drug-likeness (QED) is 0.577. The van der Waals surface area contributed by atoms with Crippen molar-refractivity contribution >= 4 is 41.1 Å². The van der Waals surface area contributed by atoms with Crippen molar-refractivity contribution in [2.75, 3.05) is 32.6 Å². The Bertz CT molecular complexity index is 825. The molecule has 2 heterocycles. The predicted octanol–water partition coefficient (Wildman–Crippen LogP) is 1.76. The maximum Gasteiger partial charge on any atom is 0.332 e. The highest BCUT2D eigenvalue weighted by Crippen LogP contribution is 2.37. The molecule has 2 saturated heterocycles. The van der Waals surface area contributed by atoms with E-state index in [0.29, 0.717) is 24.9 Å². The van der Waals surface area contributed by atoms with Crippen molar-refractivity contribution in [1.29, 1.82) is 0 Å². The van der Waals surface area contributed by atoms with E-state index >= 15 is 0 Å². The SMILES string of the molecule is COC(=O)[C@@H]1CCCN2C(=O)N(c3cc(C(=O)N(C)C)ccc3Cl)C(=O)[C@@H]12. The molecule has 144 valence electrons. The summed E-state index contributed by atoms with van der Waals surface area (Å²) in [5.41, 5.74) is 0.437. The van der Waals surface area contributed by atoms with Crippen LogP contribution in [-0.4, -0.2) is 67.4 Å². The highest BCUT2D eigenvalue weighted by molar-refractivity contribution is 6.36. The van der Waals surface area contributed by atoms with E-state index in [0.717, 1.165) is 4.90 Å². The van der Waals surface area contributed by atoms with Gasteiger partial charge < -0.3 is 14.5 Å². The van der Waals surface area contributed by atoms with Crippen LogP contribution in [0.5, 0.6) is 0 Å². The van der Waals surface area contributed by atoms with E-state index in [1.807, 2.05) is 0 Å². The van der Waals surface area contributed by atoms with Crippen molar-refractivity contribution in [3.05, 3.63) is 28.8 Å². The lowest BCUT2D eigenvalue weighted by Crippen LogP contribution is -2.48.